The maximum atomic E-state index is 12.1. The van der Waals surface area contributed by atoms with Gasteiger partial charge in [0.1, 0.15) is 0 Å². The number of carbonyl (C=O) groups excluding carboxylic acids is 1. The first-order chi connectivity index (χ1) is 8.84. The second-order valence-corrected chi connectivity index (χ2v) is 5.67. The maximum absolute atomic E-state index is 12.1. The van der Waals surface area contributed by atoms with Crippen molar-refractivity contribution in [2.24, 2.45) is 5.92 Å². The van der Waals surface area contributed by atoms with Gasteiger partial charge in [0, 0.05) is 12.2 Å². The van der Waals surface area contributed by atoms with Gasteiger partial charge in [-0.15, -0.1) is 0 Å². The number of para-hydroxylation sites is 1. The highest BCUT2D eigenvalue weighted by Gasteiger charge is 2.28. The first-order valence-electron chi connectivity index (χ1n) is 7.23. The lowest BCUT2D eigenvalue weighted by Crippen LogP contribution is -2.32. The van der Waals surface area contributed by atoms with Crippen LogP contribution in [-0.2, 0) is 11.2 Å². The van der Waals surface area contributed by atoms with Crippen molar-refractivity contribution >= 4 is 11.6 Å². The molecule has 2 aliphatic rings. The van der Waals surface area contributed by atoms with E-state index < -0.39 is 0 Å². The van der Waals surface area contributed by atoms with Crippen LogP contribution in [0.2, 0.25) is 0 Å². The molecule has 0 unspecified atom stereocenters. The molecule has 0 saturated heterocycles. The average Bonchev–Trinajstić information content (AvgIpc) is 2.57. The molecule has 0 radical (unpaired) electrons. The number of hydrogen-bond donors (Lipinski definition) is 0. The molecule has 1 heterocycles. The van der Waals surface area contributed by atoms with Gasteiger partial charge >= 0.3 is 0 Å². The summed E-state index contributed by atoms with van der Waals surface area (Å²) < 4.78 is 0. The fourth-order valence-electron chi connectivity index (χ4n) is 3.32. The lowest BCUT2D eigenvalue weighted by atomic mass is 10.00. The zero-order chi connectivity index (χ0) is 12.4. The van der Waals surface area contributed by atoms with Crippen molar-refractivity contribution in [2.75, 3.05) is 11.4 Å². The first-order valence-corrected chi connectivity index (χ1v) is 7.23. The summed E-state index contributed by atoms with van der Waals surface area (Å²) >= 11 is 0. The summed E-state index contributed by atoms with van der Waals surface area (Å²) in [6, 6.07) is 8.25. The van der Waals surface area contributed by atoms with Crippen molar-refractivity contribution < 1.29 is 4.79 Å². The van der Waals surface area contributed by atoms with Crippen molar-refractivity contribution in [3.8, 4) is 0 Å². The second kappa shape index (κ2) is 5.13. The Hall–Kier alpha value is -1.31. The highest BCUT2D eigenvalue weighted by molar-refractivity contribution is 6.01. The molecule has 0 aromatic heterocycles. The van der Waals surface area contributed by atoms with Gasteiger partial charge in [-0.1, -0.05) is 43.9 Å². The van der Waals surface area contributed by atoms with Gasteiger partial charge < -0.3 is 4.90 Å². The van der Waals surface area contributed by atoms with Gasteiger partial charge in [-0.25, -0.2) is 0 Å². The largest absolute Gasteiger partial charge is 0.312 e. The summed E-state index contributed by atoms with van der Waals surface area (Å²) in [5, 5.41) is 0. The van der Waals surface area contributed by atoms with E-state index in [0.717, 1.165) is 12.2 Å². The number of amides is 1. The van der Waals surface area contributed by atoms with E-state index in [0.29, 0.717) is 18.2 Å². The van der Waals surface area contributed by atoms with E-state index in [1.165, 1.54) is 44.1 Å². The minimum atomic E-state index is 0.292. The topological polar surface area (TPSA) is 20.3 Å². The third kappa shape index (κ3) is 2.29. The van der Waals surface area contributed by atoms with Gasteiger partial charge in [-0.05, 0) is 30.4 Å². The first kappa shape index (κ1) is 11.8. The minimum Gasteiger partial charge on any atom is -0.312 e. The predicted octanol–water partition coefficient (Wildman–Crippen LogP) is 3.55. The van der Waals surface area contributed by atoms with Gasteiger partial charge in [0.15, 0.2) is 0 Å². The Kier molecular flexibility index (Phi) is 3.35. The van der Waals surface area contributed by atoms with Crippen LogP contribution >= 0.6 is 0 Å². The van der Waals surface area contributed by atoms with E-state index in [9.17, 15) is 4.79 Å². The minimum absolute atomic E-state index is 0.292. The van der Waals surface area contributed by atoms with Crippen LogP contribution in [0.5, 0.6) is 0 Å². The van der Waals surface area contributed by atoms with Crippen molar-refractivity contribution in [1.29, 1.82) is 0 Å². The van der Waals surface area contributed by atoms with Gasteiger partial charge in [-0.3, -0.25) is 4.79 Å². The van der Waals surface area contributed by atoms with E-state index in [2.05, 4.69) is 12.1 Å². The van der Waals surface area contributed by atoms with E-state index in [4.69, 9.17) is 0 Å². The van der Waals surface area contributed by atoms with E-state index in [1.54, 1.807) is 0 Å². The zero-order valence-electron chi connectivity index (χ0n) is 10.9. The third-order valence-electron chi connectivity index (χ3n) is 4.34. The van der Waals surface area contributed by atoms with Gasteiger partial charge in [0.25, 0.3) is 0 Å². The molecule has 0 N–H and O–H groups in total. The lowest BCUT2D eigenvalue weighted by molar-refractivity contribution is -0.117. The molecule has 1 fully saturated rings. The number of rotatable bonds is 2. The monoisotopic (exact) mass is 243 g/mol. The number of fused-ring (bicyclic) bond motifs is 1. The smallest absolute Gasteiger partial charge is 0.231 e. The second-order valence-electron chi connectivity index (χ2n) is 5.67. The predicted molar refractivity (Wildman–Crippen MR) is 73.7 cm³/mol. The Balaban J connectivity index is 1.74. The van der Waals surface area contributed by atoms with Crippen LogP contribution < -0.4 is 4.90 Å². The highest BCUT2D eigenvalue weighted by Crippen LogP contribution is 2.31. The number of nitrogens with zero attached hydrogens (tertiary/aromatic N) is 1. The molecule has 1 aliphatic carbocycles. The van der Waals surface area contributed by atoms with Gasteiger partial charge in [-0.2, -0.15) is 0 Å². The molecule has 0 atom stereocenters. The Bertz CT molecular complexity index is 432. The van der Waals surface area contributed by atoms with Crippen LogP contribution in [0.1, 0.15) is 44.1 Å². The fourth-order valence-corrected chi connectivity index (χ4v) is 3.32. The molecule has 96 valence electrons. The molecular formula is C16H21NO. The number of anilines is 1. The number of carbonyl (C=O) groups is 1. The van der Waals surface area contributed by atoms with E-state index in [1.807, 2.05) is 17.0 Å². The van der Waals surface area contributed by atoms with Gasteiger partial charge in [0.05, 0.1) is 6.42 Å². The summed E-state index contributed by atoms with van der Waals surface area (Å²) in [4.78, 5) is 14.1. The van der Waals surface area contributed by atoms with Gasteiger partial charge in [0.2, 0.25) is 5.91 Å². The van der Waals surface area contributed by atoms with Crippen molar-refractivity contribution in [2.45, 2.75) is 44.9 Å². The van der Waals surface area contributed by atoms with Crippen molar-refractivity contribution in [3.63, 3.8) is 0 Å². The summed E-state index contributed by atoms with van der Waals surface area (Å²) in [6.45, 7) is 0.940. The van der Waals surface area contributed by atoms with E-state index >= 15 is 0 Å². The molecular weight excluding hydrogens is 222 g/mol. The molecule has 1 saturated carbocycles. The number of hydrogen-bond acceptors (Lipinski definition) is 1. The van der Waals surface area contributed by atoms with Crippen molar-refractivity contribution in [1.82, 2.24) is 0 Å². The standard InChI is InChI=1S/C16H21NO/c18-16-11-14-9-5-6-10-15(14)17(16)12-13-7-3-1-2-4-8-13/h5-6,9-10,13H,1-4,7-8,11-12H2. The molecule has 2 heteroatoms. The maximum Gasteiger partial charge on any atom is 0.231 e. The van der Waals surface area contributed by atoms with Crippen LogP contribution in [0.25, 0.3) is 0 Å². The molecule has 0 spiro atoms. The lowest BCUT2D eigenvalue weighted by Gasteiger charge is -2.23. The Morgan fingerprint density at radius 1 is 1.06 bits per heavy atom. The Morgan fingerprint density at radius 3 is 2.56 bits per heavy atom. The molecule has 18 heavy (non-hydrogen) atoms. The fraction of sp³-hybridized carbons (Fsp3) is 0.562. The third-order valence-corrected chi connectivity index (χ3v) is 4.34. The Labute approximate surface area is 109 Å². The summed E-state index contributed by atoms with van der Waals surface area (Å²) in [5.41, 5.74) is 2.36. The van der Waals surface area contributed by atoms with Crippen LogP contribution in [0, 0.1) is 5.92 Å². The van der Waals surface area contributed by atoms with Crippen LogP contribution in [0.3, 0.4) is 0 Å². The van der Waals surface area contributed by atoms with Crippen LogP contribution in [-0.4, -0.2) is 12.5 Å². The normalized spacial score (nSPS) is 20.9. The van der Waals surface area contributed by atoms with Crippen LogP contribution in [0.4, 0.5) is 5.69 Å². The molecule has 1 amide bonds. The van der Waals surface area contributed by atoms with E-state index in [-0.39, 0.29) is 0 Å². The number of benzene rings is 1. The molecule has 0 bridgehead atoms. The zero-order valence-corrected chi connectivity index (χ0v) is 10.9. The summed E-state index contributed by atoms with van der Waals surface area (Å²) in [6.07, 6.45) is 8.63. The molecule has 1 aromatic rings. The highest BCUT2D eigenvalue weighted by atomic mass is 16.2. The molecule has 2 nitrogen and oxygen atoms in total. The van der Waals surface area contributed by atoms with Crippen molar-refractivity contribution in [3.05, 3.63) is 29.8 Å². The van der Waals surface area contributed by atoms with Crippen LogP contribution in [0.15, 0.2) is 24.3 Å². The molecule has 1 aromatic carbocycles. The average molecular weight is 243 g/mol. The summed E-state index contributed by atoms with van der Waals surface area (Å²) in [5.74, 6) is 1.00. The SMILES string of the molecule is O=C1Cc2ccccc2N1CC1CCCCCC1. The Morgan fingerprint density at radius 2 is 1.78 bits per heavy atom. The summed E-state index contributed by atoms with van der Waals surface area (Å²) in [7, 11) is 0. The quantitative estimate of drug-likeness (QED) is 0.727. The molecule has 3 rings (SSSR count). The molecule has 1 aliphatic heterocycles.